The van der Waals surface area contributed by atoms with Crippen LogP contribution < -0.4 is 9.80 Å². The molecule has 6 heteroatoms. The molecule has 0 amide bonds. The van der Waals surface area contributed by atoms with Crippen molar-refractivity contribution in [2.24, 2.45) is 0 Å². The summed E-state index contributed by atoms with van der Waals surface area (Å²) in [5, 5.41) is 2.26. The highest BCUT2D eigenvalue weighted by Gasteiger charge is 2.21. The van der Waals surface area contributed by atoms with E-state index in [2.05, 4.69) is 307 Å². The van der Waals surface area contributed by atoms with Gasteiger partial charge in [0.1, 0.15) is 0 Å². The molecule has 0 N–H and O–H groups in total. The molecule has 0 aliphatic carbocycles. The molecule has 0 saturated carbocycles. The van der Waals surface area contributed by atoms with Crippen molar-refractivity contribution in [1.82, 2.24) is 19.9 Å². The van der Waals surface area contributed by atoms with Gasteiger partial charge in [-0.2, -0.15) is 0 Å². The predicted molar refractivity (Wildman–Crippen MR) is 373 cm³/mol. The summed E-state index contributed by atoms with van der Waals surface area (Å²) < 4.78 is 0. The van der Waals surface area contributed by atoms with E-state index in [9.17, 15) is 0 Å². The van der Waals surface area contributed by atoms with Gasteiger partial charge in [-0.25, -0.2) is 19.9 Å². The minimum absolute atomic E-state index is 0.661. The summed E-state index contributed by atoms with van der Waals surface area (Å²) in [4.78, 5) is 25.4. The Balaban J connectivity index is 0.765. The molecule has 90 heavy (non-hydrogen) atoms. The van der Waals surface area contributed by atoms with Gasteiger partial charge in [0.05, 0.1) is 28.5 Å². The lowest BCUT2D eigenvalue weighted by molar-refractivity contribution is 1.18. The van der Waals surface area contributed by atoms with Gasteiger partial charge in [0.15, 0.2) is 11.6 Å². The van der Waals surface area contributed by atoms with Crippen LogP contribution in [0.15, 0.2) is 352 Å². The van der Waals surface area contributed by atoms with Gasteiger partial charge < -0.3 is 9.80 Å². The van der Waals surface area contributed by atoms with E-state index in [0.717, 1.165) is 134 Å². The summed E-state index contributed by atoms with van der Waals surface area (Å²) >= 11 is 0. The van der Waals surface area contributed by atoms with Crippen LogP contribution in [-0.4, -0.2) is 19.9 Å². The molecule has 2 aromatic heterocycles. The SMILES string of the molecule is c1ccc(-c2cc(-c3ccc(-c4ccc(N(c5ccccc5)c5cc(-c6ccccc6-c6cc(-c7ccc(-c8ccc(N(c9ccccc9)c9ccccc9)cc8)cc7)nc(-c7ccccc7)n6)cc6ccccc56)cc4)cc3)nc(-c3ccccc3)n2)cc1. The van der Waals surface area contributed by atoms with Gasteiger partial charge in [0.2, 0.25) is 0 Å². The highest BCUT2D eigenvalue weighted by Crippen LogP contribution is 2.45. The van der Waals surface area contributed by atoms with Crippen molar-refractivity contribution in [3.63, 3.8) is 0 Å². The fraction of sp³-hybridized carbons (Fsp3) is 0. The lowest BCUT2D eigenvalue weighted by atomic mass is 9.93. The monoisotopic (exact) mass is 1150 g/mol. The lowest BCUT2D eigenvalue weighted by Crippen LogP contribution is -2.10. The van der Waals surface area contributed by atoms with Crippen molar-refractivity contribution >= 4 is 44.9 Å². The van der Waals surface area contributed by atoms with Gasteiger partial charge in [0, 0.05) is 67.2 Å². The largest absolute Gasteiger partial charge is 0.311 e. The van der Waals surface area contributed by atoms with Crippen molar-refractivity contribution < 1.29 is 0 Å². The summed E-state index contributed by atoms with van der Waals surface area (Å²) in [5.74, 6) is 1.36. The minimum Gasteiger partial charge on any atom is -0.311 e. The maximum Gasteiger partial charge on any atom is 0.160 e. The second kappa shape index (κ2) is 24.7. The van der Waals surface area contributed by atoms with Crippen molar-refractivity contribution in [3.05, 3.63) is 352 Å². The van der Waals surface area contributed by atoms with Crippen molar-refractivity contribution in [1.29, 1.82) is 0 Å². The summed E-state index contributed by atoms with van der Waals surface area (Å²) in [6.07, 6.45) is 0. The number of hydrogen-bond donors (Lipinski definition) is 0. The van der Waals surface area contributed by atoms with Gasteiger partial charge in [-0.05, 0) is 124 Å². The molecule has 0 fully saturated rings. The standard InChI is InChI=1S/C84H58N6/c1-7-23-63(24-8-1)78-57-79(86-83(85-78)66-25-9-2-10-26-66)64-43-39-60(40-44-64)62-49-53-74(54-50-62)90(72-34-17-6-18-35-72)82-56-69(55-68-29-19-20-37-76(68)82)75-36-21-22-38-77(75)81-58-80(87-84(88-81)67-27-11-3-12-28-67)65-45-41-59(42-46-65)61-47-51-73(52-48-61)89(70-30-13-4-14-31-70)71-32-15-5-16-33-71/h1-58H. The third-order valence-corrected chi connectivity index (χ3v) is 16.5. The van der Waals surface area contributed by atoms with E-state index in [1.807, 2.05) is 54.6 Å². The normalized spacial score (nSPS) is 11.1. The zero-order chi connectivity index (χ0) is 60.0. The first kappa shape index (κ1) is 54.5. The molecule has 0 atom stereocenters. The van der Waals surface area contributed by atoms with Crippen LogP contribution in [0.5, 0.6) is 0 Å². The van der Waals surface area contributed by atoms with Gasteiger partial charge in [0.25, 0.3) is 0 Å². The highest BCUT2D eigenvalue weighted by molar-refractivity contribution is 6.03. The van der Waals surface area contributed by atoms with E-state index >= 15 is 0 Å². The Morgan fingerprint density at radius 3 is 0.967 bits per heavy atom. The zero-order valence-electron chi connectivity index (χ0n) is 49.2. The van der Waals surface area contributed by atoms with E-state index in [-0.39, 0.29) is 0 Å². The Labute approximate surface area is 524 Å². The molecule has 0 aliphatic heterocycles. The third-order valence-electron chi connectivity index (χ3n) is 16.5. The molecule has 15 rings (SSSR count). The van der Waals surface area contributed by atoms with Gasteiger partial charge in [-0.15, -0.1) is 0 Å². The number of anilines is 6. The van der Waals surface area contributed by atoms with Gasteiger partial charge >= 0.3 is 0 Å². The van der Waals surface area contributed by atoms with Crippen molar-refractivity contribution in [3.8, 4) is 101 Å². The smallest absolute Gasteiger partial charge is 0.160 e. The molecular formula is C84H58N6. The number of benzene rings is 13. The topological polar surface area (TPSA) is 58.0 Å². The average molecular weight is 1150 g/mol. The molecular weight excluding hydrogens is 1090 g/mol. The molecule has 0 aliphatic rings. The molecule has 13 aromatic carbocycles. The van der Waals surface area contributed by atoms with Crippen molar-refractivity contribution in [2.75, 3.05) is 9.80 Å². The molecule has 0 spiro atoms. The summed E-state index contributed by atoms with van der Waals surface area (Å²) in [6, 6.07) is 124. The number of nitrogens with zero attached hydrogens (tertiary/aromatic N) is 6. The maximum absolute atomic E-state index is 5.38. The second-order valence-electron chi connectivity index (χ2n) is 22.2. The fourth-order valence-electron chi connectivity index (χ4n) is 12.0. The number of aromatic nitrogens is 4. The number of para-hydroxylation sites is 3. The van der Waals surface area contributed by atoms with E-state index in [1.54, 1.807) is 0 Å². The van der Waals surface area contributed by atoms with Crippen LogP contribution in [0, 0.1) is 0 Å². The van der Waals surface area contributed by atoms with E-state index in [1.165, 1.54) is 0 Å². The second-order valence-corrected chi connectivity index (χ2v) is 22.2. The van der Waals surface area contributed by atoms with Gasteiger partial charge in [-0.1, -0.05) is 267 Å². The van der Waals surface area contributed by atoms with Crippen LogP contribution in [0.4, 0.5) is 34.1 Å². The Morgan fingerprint density at radius 2 is 0.500 bits per heavy atom. The first-order chi connectivity index (χ1) is 44.6. The molecule has 0 radical (unpaired) electrons. The molecule has 2 heterocycles. The lowest BCUT2D eigenvalue weighted by Gasteiger charge is -2.28. The van der Waals surface area contributed by atoms with Crippen LogP contribution in [-0.2, 0) is 0 Å². The van der Waals surface area contributed by atoms with Crippen molar-refractivity contribution in [2.45, 2.75) is 0 Å². The summed E-state index contributed by atoms with van der Waals surface area (Å²) in [7, 11) is 0. The molecule has 0 saturated heterocycles. The van der Waals surface area contributed by atoms with E-state index in [0.29, 0.717) is 11.6 Å². The molecule has 424 valence electrons. The predicted octanol–water partition coefficient (Wildman–Crippen LogP) is 22.4. The van der Waals surface area contributed by atoms with Crippen LogP contribution in [0.25, 0.3) is 112 Å². The van der Waals surface area contributed by atoms with E-state index < -0.39 is 0 Å². The first-order valence-electron chi connectivity index (χ1n) is 30.3. The number of fused-ring (bicyclic) bond motifs is 1. The number of rotatable bonds is 15. The summed E-state index contributed by atoms with van der Waals surface area (Å²) in [5.41, 5.74) is 22.5. The zero-order valence-corrected chi connectivity index (χ0v) is 49.2. The Bertz CT molecular complexity index is 4840. The average Bonchev–Trinajstić information content (AvgIpc) is 0.914. The quantitative estimate of drug-likeness (QED) is 0.102. The van der Waals surface area contributed by atoms with Crippen LogP contribution in [0.3, 0.4) is 0 Å². The Hall–Kier alpha value is -12.1. The van der Waals surface area contributed by atoms with Crippen LogP contribution in [0.2, 0.25) is 0 Å². The number of hydrogen-bond acceptors (Lipinski definition) is 6. The third kappa shape index (κ3) is 11.3. The fourth-order valence-corrected chi connectivity index (χ4v) is 12.0. The van der Waals surface area contributed by atoms with Gasteiger partial charge in [-0.3, -0.25) is 0 Å². The molecule has 15 aromatic rings. The molecule has 0 bridgehead atoms. The highest BCUT2D eigenvalue weighted by atomic mass is 15.1. The first-order valence-corrected chi connectivity index (χ1v) is 30.3. The van der Waals surface area contributed by atoms with Crippen LogP contribution in [0.1, 0.15) is 0 Å². The Kier molecular flexibility index (Phi) is 15.0. The summed E-state index contributed by atoms with van der Waals surface area (Å²) in [6.45, 7) is 0. The minimum atomic E-state index is 0.661. The Morgan fingerprint density at radius 1 is 0.189 bits per heavy atom. The van der Waals surface area contributed by atoms with E-state index in [4.69, 9.17) is 19.9 Å². The van der Waals surface area contributed by atoms with Crippen LogP contribution >= 0.6 is 0 Å². The maximum atomic E-state index is 5.38. The molecule has 6 nitrogen and oxygen atoms in total. The molecule has 0 unspecified atom stereocenters.